The van der Waals surface area contributed by atoms with E-state index in [1.807, 2.05) is 21.1 Å². The van der Waals surface area contributed by atoms with E-state index in [9.17, 15) is 19.5 Å². The molecule has 2 atom stereocenters. The number of carbonyl (C=O) groups is 3. The van der Waals surface area contributed by atoms with Crippen LogP contribution in [0.15, 0.2) is 109 Å². The Hall–Kier alpha value is -4.05. The van der Waals surface area contributed by atoms with Crippen LogP contribution in [-0.4, -0.2) is 82.3 Å². The second-order valence-electron chi connectivity index (χ2n) is 25.5. The molecule has 0 amide bonds. The van der Waals surface area contributed by atoms with Crippen molar-refractivity contribution in [2.75, 3.05) is 47.5 Å². The Morgan fingerprint density at radius 2 is 0.648 bits per heavy atom. The molecular weight excluding hydrogens is 1090 g/mol. The van der Waals surface area contributed by atoms with Gasteiger partial charge < -0.3 is 33.3 Å². The molecule has 2 unspecified atom stereocenters. The SMILES string of the molecule is CC/C=C\C/C=C\C/C=C\C/C=C\C/C=C\C/C=C\C/C=C\C/C=C\C/C=C\CCCCCCCCCCCC(=O)OC(COC(=O)CCCCCCCCCCCCCCCCCCCCCCCCCCCC)COC(OCC[N+](C)(C)C)C(=O)[O-]. The molecule has 0 heterocycles. The molecule has 0 saturated heterocycles. The number of aliphatic carboxylic acids is 1. The number of carbonyl (C=O) groups excluding carboxylic acids is 3. The molecule has 506 valence electrons. The third-order valence-corrected chi connectivity index (χ3v) is 15.8. The Labute approximate surface area is 543 Å². The number of ether oxygens (including phenoxy) is 4. The Kier molecular flexibility index (Phi) is 65.7. The maximum Gasteiger partial charge on any atom is 0.306 e. The average molecular weight is 1230 g/mol. The minimum Gasteiger partial charge on any atom is -0.545 e. The first-order valence-corrected chi connectivity index (χ1v) is 36.5. The van der Waals surface area contributed by atoms with Crippen molar-refractivity contribution < 1.29 is 42.9 Å². The predicted octanol–water partition coefficient (Wildman–Crippen LogP) is 21.6. The maximum atomic E-state index is 12.9. The molecule has 0 N–H and O–H groups in total. The summed E-state index contributed by atoms with van der Waals surface area (Å²) in [6, 6.07) is 0. The lowest BCUT2D eigenvalue weighted by molar-refractivity contribution is -0.870. The van der Waals surface area contributed by atoms with Gasteiger partial charge in [0.15, 0.2) is 12.4 Å². The van der Waals surface area contributed by atoms with Crippen LogP contribution in [0.4, 0.5) is 0 Å². The number of hydrogen-bond acceptors (Lipinski definition) is 8. The highest BCUT2D eigenvalue weighted by Crippen LogP contribution is 2.18. The number of nitrogens with zero attached hydrogens (tertiary/aromatic N) is 1. The second-order valence-corrected chi connectivity index (χ2v) is 25.5. The van der Waals surface area contributed by atoms with Crippen molar-refractivity contribution >= 4 is 17.9 Å². The molecule has 0 rings (SSSR count). The zero-order valence-corrected chi connectivity index (χ0v) is 57.8. The fourth-order valence-electron chi connectivity index (χ4n) is 10.2. The average Bonchev–Trinajstić information content (AvgIpc) is 3.54. The maximum absolute atomic E-state index is 12.9. The summed E-state index contributed by atoms with van der Waals surface area (Å²) in [6.45, 7) is 4.66. The third-order valence-electron chi connectivity index (χ3n) is 15.8. The fraction of sp³-hybridized carbons (Fsp3) is 0.734. The molecule has 9 heteroatoms. The summed E-state index contributed by atoms with van der Waals surface area (Å²) in [5.41, 5.74) is 0. The van der Waals surface area contributed by atoms with E-state index in [4.69, 9.17) is 18.9 Å². The fourth-order valence-corrected chi connectivity index (χ4v) is 10.2. The van der Waals surface area contributed by atoms with E-state index in [-0.39, 0.29) is 32.2 Å². The van der Waals surface area contributed by atoms with Gasteiger partial charge in [-0.15, -0.1) is 0 Å². The number of hydrogen-bond donors (Lipinski definition) is 0. The molecule has 0 aliphatic heterocycles. The van der Waals surface area contributed by atoms with E-state index in [2.05, 4.69) is 123 Å². The monoisotopic (exact) mass is 1230 g/mol. The molecule has 0 aromatic heterocycles. The standard InChI is InChI=1S/C79H137NO8/c1-6-8-10-12-14-16-18-20-22-24-26-28-30-32-34-35-36-37-38-39-40-41-42-43-44-46-48-50-52-54-56-58-60-62-64-66-68-70-77(82)88-75(74-87-79(78(83)84)85-72-71-80(3,4)5)73-86-76(81)69-67-65-63-61-59-57-55-53-51-49-47-45-33-31-29-27-25-23-21-19-17-15-13-11-9-7-2/h8,10,14,16,20,22,26,28,32,34,36-37,39-40,42-43,46,48,75,79H,6-7,9,11-13,15,17-19,21,23-25,27,29-31,33,35,38,41,44-45,47,49-74H2,1-5H3/b10-8-,16-14-,22-20-,28-26-,34-32-,37-36-,40-39-,43-42-,48-46-. The van der Waals surface area contributed by atoms with Gasteiger partial charge in [-0.25, -0.2) is 0 Å². The van der Waals surface area contributed by atoms with Gasteiger partial charge >= 0.3 is 11.9 Å². The van der Waals surface area contributed by atoms with Gasteiger partial charge in [-0.2, -0.15) is 0 Å². The van der Waals surface area contributed by atoms with Crippen molar-refractivity contribution in [2.45, 2.75) is 328 Å². The van der Waals surface area contributed by atoms with Crippen LogP contribution >= 0.6 is 0 Å². The van der Waals surface area contributed by atoms with Crippen LogP contribution in [0.5, 0.6) is 0 Å². The first-order valence-electron chi connectivity index (χ1n) is 36.5. The first-order chi connectivity index (χ1) is 43.1. The van der Waals surface area contributed by atoms with Crippen LogP contribution in [0.2, 0.25) is 0 Å². The number of rotatable bonds is 67. The van der Waals surface area contributed by atoms with Crippen LogP contribution in [-0.2, 0) is 33.3 Å². The Morgan fingerprint density at radius 1 is 0.352 bits per heavy atom. The number of allylic oxidation sites excluding steroid dienone is 18. The minimum absolute atomic E-state index is 0.143. The zero-order chi connectivity index (χ0) is 64.0. The highest BCUT2D eigenvalue weighted by molar-refractivity contribution is 5.70. The Bertz CT molecular complexity index is 1810. The van der Waals surface area contributed by atoms with Crippen LogP contribution in [0, 0.1) is 0 Å². The van der Waals surface area contributed by atoms with Gasteiger partial charge in [-0.05, 0) is 83.5 Å². The molecule has 0 aliphatic carbocycles. The molecule has 0 radical (unpaired) electrons. The van der Waals surface area contributed by atoms with Gasteiger partial charge in [0.1, 0.15) is 13.2 Å². The minimum atomic E-state index is -1.63. The topological polar surface area (TPSA) is 111 Å². The van der Waals surface area contributed by atoms with Crippen molar-refractivity contribution in [1.82, 2.24) is 0 Å². The summed E-state index contributed by atoms with van der Waals surface area (Å²) in [7, 11) is 5.93. The third kappa shape index (κ3) is 69.4. The highest BCUT2D eigenvalue weighted by atomic mass is 16.7. The van der Waals surface area contributed by atoms with Crippen LogP contribution in [0.1, 0.15) is 316 Å². The van der Waals surface area contributed by atoms with Gasteiger partial charge in [0.25, 0.3) is 0 Å². The van der Waals surface area contributed by atoms with Gasteiger partial charge in [-0.1, -0.05) is 329 Å². The van der Waals surface area contributed by atoms with E-state index < -0.39 is 24.3 Å². The van der Waals surface area contributed by atoms with Gasteiger partial charge in [0.05, 0.1) is 40.3 Å². The Morgan fingerprint density at radius 3 is 0.966 bits per heavy atom. The van der Waals surface area contributed by atoms with E-state index >= 15 is 0 Å². The Balaban J connectivity index is 4.13. The lowest BCUT2D eigenvalue weighted by Crippen LogP contribution is -2.44. The van der Waals surface area contributed by atoms with Crippen LogP contribution in [0.3, 0.4) is 0 Å². The molecule has 9 nitrogen and oxygen atoms in total. The molecule has 0 fully saturated rings. The molecule has 0 aromatic rings. The first kappa shape index (κ1) is 84.0. The van der Waals surface area contributed by atoms with Gasteiger partial charge in [0, 0.05) is 12.8 Å². The normalized spacial score (nSPS) is 13.3. The lowest BCUT2D eigenvalue weighted by atomic mass is 10.0. The molecule has 0 spiro atoms. The number of carboxylic acid groups (broad SMARTS) is 1. The van der Waals surface area contributed by atoms with Crippen molar-refractivity contribution in [3.63, 3.8) is 0 Å². The van der Waals surface area contributed by atoms with E-state index in [1.54, 1.807) is 0 Å². The smallest absolute Gasteiger partial charge is 0.306 e. The van der Waals surface area contributed by atoms with Crippen LogP contribution < -0.4 is 5.11 Å². The molecule has 88 heavy (non-hydrogen) atoms. The summed E-state index contributed by atoms with van der Waals surface area (Å²) in [5, 5.41) is 11.8. The second kappa shape index (κ2) is 68.9. The summed E-state index contributed by atoms with van der Waals surface area (Å²) in [4.78, 5) is 37.5. The summed E-state index contributed by atoms with van der Waals surface area (Å²) in [6.07, 6.45) is 93.2. The highest BCUT2D eigenvalue weighted by Gasteiger charge is 2.22. The summed E-state index contributed by atoms with van der Waals surface area (Å²) in [5.74, 6) is -2.28. The van der Waals surface area contributed by atoms with Gasteiger partial charge in [0.2, 0.25) is 0 Å². The molecule has 0 aliphatic rings. The largest absolute Gasteiger partial charge is 0.545 e. The van der Waals surface area contributed by atoms with Gasteiger partial charge in [-0.3, -0.25) is 9.59 Å². The molecule has 0 aromatic carbocycles. The zero-order valence-electron chi connectivity index (χ0n) is 57.8. The van der Waals surface area contributed by atoms with E-state index in [1.165, 1.54) is 180 Å². The predicted molar refractivity (Wildman–Crippen MR) is 375 cm³/mol. The molecule has 0 saturated carbocycles. The van der Waals surface area contributed by atoms with Crippen LogP contribution in [0.25, 0.3) is 0 Å². The quantitative estimate of drug-likeness (QED) is 0.0195. The van der Waals surface area contributed by atoms with E-state index in [0.29, 0.717) is 23.9 Å². The number of unbranched alkanes of at least 4 members (excludes halogenated alkanes) is 34. The summed E-state index contributed by atoms with van der Waals surface area (Å²) < 4.78 is 22.8. The molecule has 0 bridgehead atoms. The lowest BCUT2D eigenvalue weighted by Gasteiger charge is -2.26. The van der Waals surface area contributed by atoms with Crippen molar-refractivity contribution in [1.29, 1.82) is 0 Å². The van der Waals surface area contributed by atoms with Crippen molar-refractivity contribution in [3.8, 4) is 0 Å². The van der Waals surface area contributed by atoms with Crippen molar-refractivity contribution in [3.05, 3.63) is 109 Å². The molecular formula is C79H137NO8. The number of carboxylic acids is 1. The number of likely N-dealkylation sites (N-methyl/N-ethyl adjacent to an activating group) is 1. The van der Waals surface area contributed by atoms with Crippen molar-refractivity contribution in [2.24, 2.45) is 0 Å². The number of quaternary nitrogens is 1. The number of esters is 2. The van der Waals surface area contributed by atoms with E-state index in [0.717, 1.165) is 103 Å². The summed E-state index contributed by atoms with van der Waals surface area (Å²) >= 11 is 0.